The predicted octanol–water partition coefficient (Wildman–Crippen LogP) is 0.126. The summed E-state index contributed by atoms with van der Waals surface area (Å²) < 4.78 is 1.57. The van der Waals surface area contributed by atoms with Crippen LogP contribution in [0.15, 0.2) is 12.3 Å². The Hall–Kier alpha value is -1.67. The molecule has 0 aliphatic carbocycles. The molecule has 100 valence electrons. The van der Waals surface area contributed by atoms with Gasteiger partial charge in [-0.2, -0.15) is 16.7 Å². The third-order valence-corrected chi connectivity index (χ3v) is 3.85. The number of carbonyl (C=O) groups is 1. The molecule has 2 aromatic rings. The lowest BCUT2D eigenvalue weighted by atomic mass is 10.5. The molecule has 1 amide bonds. The van der Waals surface area contributed by atoms with Gasteiger partial charge in [0.2, 0.25) is 5.82 Å². The van der Waals surface area contributed by atoms with Crippen LogP contribution in [0.1, 0.15) is 16.3 Å². The van der Waals surface area contributed by atoms with Crippen molar-refractivity contribution in [3.8, 4) is 0 Å². The number of fused-ring (bicyclic) bond motifs is 1. The van der Waals surface area contributed by atoms with Gasteiger partial charge in [0.25, 0.3) is 5.78 Å². The number of hydrogen-bond donors (Lipinski definition) is 1. The van der Waals surface area contributed by atoms with Gasteiger partial charge in [0.05, 0.1) is 0 Å². The topological polar surface area (TPSA) is 75.4 Å². The van der Waals surface area contributed by atoms with Gasteiger partial charge >= 0.3 is 5.91 Å². The summed E-state index contributed by atoms with van der Waals surface area (Å²) in [5, 5.41) is 6.08. The molecule has 8 heteroatoms. The van der Waals surface area contributed by atoms with Crippen LogP contribution in [0.2, 0.25) is 0 Å². The number of aryl methyl sites for hydroxylation is 1. The highest BCUT2D eigenvalue weighted by molar-refractivity contribution is 7.99. The van der Waals surface area contributed by atoms with Crippen molar-refractivity contribution in [1.29, 1.82) is 0 Å². The van der Waals surface area contributed by atoms with Gasteiger partial charge in [0.15, 0.2) is 0 Å². The Bertz CT molecular complexity index is 606. The molecule has 3 rings (SSSR count). The smallest absolute Gasteiger partial charge is 0.282 e. The molecule has 19 heavy (non-hydrogen) atoms. The van der Waals surface area contributed by atoms with Gasteiger partial charge in [-0.05, 0) is 13.0 Å². The number of carbonyl (C=O) groups excluding carboxylic acids is 1. The molecule has 1 saturated heterocycles. The van der Waals surface area contributed by atoms with Crippen LogP contribution >= 0.6 is 11.8 Å². The summed E-state index contributed by atoms with van der Waals surface area (Å²) >= 11 is 1.89. The molecule has 0 bridgehead atoms. The molecule has 2 aromatic heterocycles. The average molecular weight is 278 g/mol. The fourth-order valence-electron chi connectivity index (χ4n) is 1.87. The van der Waals surface area contributed by atoms with Crippen molar-refractivity contribution in [2.75, 3.05) is 24.6 Å². The quantitative estimate of drug-likeness (QED) is 0.841. The zero-order chi connectivity index (χ0) is 13.2. The Morgan fingerprint density at radius 2 is 2.21 bits per heavy atom. The molecule has 0 aromatic carbocycles. The summed E-state index contributed by atoms with van der Waals surface area (Å²) in [6, 6.07) is 1.82. The van der Waals surface area contributed by atoms with E-state index in [1.165, 1.54) is 0 Å². The number of hydrazine groups is 1. The van der Waals surface area contributed by atoms with Gasteiger partial charge in [-0.15, -0.1) is 5.10 Å². The average Bonchev–Trinajstić information content (AvgIpc) is 2.85. The van der Waals surface area contributed by atoms with Crippen molar-refractivity contribution in [1.82, 2.24) is 30.0 Å². The minimum Gasteiger partial charge on any atom is -0.282 e. The van der Waals surface area contributed by atoms with Crippen LogP contribution in [0.25, 0.3) is 5.78 Å². The van der Waals surface area contributed by atoms with E-state index in [-0.39, 0.29) is 11.7 Å². The zero-order valence-corrected chi connectivity index (χ0v) is 11.4. The third-order valence-electron chi connectivity index (χ3n) is 2.90. The normalized spacial score (nSPS) is 16.7. The predicted molar refractivity (Wildman–Crippen MR) is 71.9 cm³/mol. The molecule has 7 nitrogen and oxygen atoms in total. The van der Waals surface area contributed by atoms with E-state index in [9.17, 15) is 4.79 Å². The standard InChI is InChI=1S/C11H14N6OS/c1-8-2-3-12-11-13-9(14-17(8)11)10(18)15-16-4-6-19-7-5-16/h2-3H,4-7H2,1H3,(H,15,18). The van der Waals surface area contributed by atoms with Gasteiger partial charge in [-0.25, -0.2) is 14.5 Å². The molecule has 0 unspecified atom stereocenters. The summed E-state index contributed by atoms with van der Waals surface area (Å²) in [7, 11) is 0. The van der Waals surface area contributed by atoms with E-state index in [2.05, 4.69) is 20.5 Å². The Morgan fingerprint density at radius 3 is 2.95 bits per heavy atom. The number of hydrogen-bond acceptors (Lipinski definition) is 6. The number of nitrogens with one attached hydrogen (secondary N) is 1. The van der Waals surface area contributed by atoms with Crippen molar-refractivity contribution in [2.45, 2.75) is 6.92 Å². The lowest BCUT2D eigenvalue weighted by Crippen LogP contribution is -2.46. The van der Waals surface area contributed by atoms with E-state index in [1.54, 1.807) is 10.7 Å². The van der Waals surface area contributed by atoms with Crippen molar-refractivity contribution in [3.63, 3.8) is 0 Å². The Labute approximate surface area is 114 Å². The first-order valence-electron chi connectivity index (χ1n) is 6.06. The lowest BCUT2D eigenvalue weighted by Gasteiger charge is -2.25. The maximum Gasteiger partial charge on any atom is 0.305 e. The molecule has 3 heterocycles. The molecule has 1 aliphatic heterocycles. The van der Waals surface area contributed by atoms with Crippen LogP contribution < -0.4 is 5.43 Å². The summed E-state index contributed by atoms with van der Waals surface area (Å²) in [5.74, 6) is 2.37. The number of nitrogens with zero attached hydrogens (tertiary/aromatic N) is 5. The molecule has 0 spiro atoms. The Morgan fingerprint density at radius 1 is 1.42 bits per heavy atom. The first-order chi connectivity index (χ1) is 9.24. The van der Waals surface area contributed by atoms with E-state index >= 15 is 0 Å². The first-order valence-corrected chi connectivity index (χ1v) is 7.21. The largest absolute Gasteiger partial charge is 0.305 e. The minimum absolute atomic E-state index is 0.153. The molecule has 0 radical (unpaired) electrons. The van der Waals surface area contributed by atoms with Crippen LogP contribution in [0.4, 0.5) is 0 Å². The summed E-state index contributed by atoms with van der Waals surface area (Å²) in [5.41, 5.74) is 3.72. The molecule has 0 atom stereocenters. The number of aromatic nitrogens is 4. The molecular weight excluding hydrogens is 264 g/mol. The number of thioether (sulfide) groups is 1. The lowest BCUT2D eigenvalue weighted by molar-refractivity contribution is 0.0794. The molecule has 1 aliphatic rings. The van der Waals surface area contributed by atoms with Crippen molar-refractivity contribution in [3.05, 3.63) is 23.8 Å². The summed E-state index contributed by atoms with van der Waals surface area (Å²) in [6.07, 6.45) is 1.66. The van der Waals surface area contributed by atoms with E-state index in [4.69, 9.17) is 0 Å². The van der Waals surface area contributed by atoms with Crippen LogP contribution in [0.3, 0.4) is 0 Å². The van der Waals surface area contributed by atoms with Crippen molar-refractivity contribution >= 4 is 23.4 Å². The second kappa shape index (κ2) is 5.14. The fourth-order valence-corrected chi connectivity index (χ4v) is 2.77. The van der Waals surface area contributed by atoms with Gasteiger partial charge < -0.3 is 0 Å². The monoisotopic (exact) mass is 278 g/mol. The van der Waals surface area contributed by atoms with Crippen molar-refractivity contribution in [2.24, 2.45) is 0 Å². The van der Waals surface area contributed by atoms with E-state index in [0.717, 1.165) is 30.3 Å². The van der Waals surface area contributed by atoms with Crippen molar-refractivity contribution < 1.29 is 4.79 Å². The highest BCUT2D eigenvalue weighted by atomic mass is 32.2. The molecule has 1 fully saturated rings. The zero-order valence-electron chi connectivity index (χ0n) is 10.5. The van der Waals surface area contributed by atoms with Gasteiger partial charge in [-0.3, -0.25) is 10.2 Å². The minimum atomic E-state index is -0.281. The van der Waals surface area contributed by atoms with Crippen LogP contribution in [0, 0.1) is 6.92 Å². The third kappa shape index (κ3) is 2.54. The first kappa shape index (κ1) is 12.4. The summed E-state index contributed by atoms with van der Waals surface area (Å²) in [4.78, 5) is 20.3. The van der Waals surface area contributed by atoms with Crippen LogP contribution in [-0.2, 0) is 0 Å². The van der Waals surface area contributed by atoms with Crippen LogP contribution in [0.5, 0.6) is 0 Å². The highest BCUT2D eigenvalue weighted by Crippen LogP contribution is 2.07. The maximum atomic E-state index is 12.1. The van der Waals surface area contributed by atoms with E-state index < -0.39 is 0 Å². The number of rotatable bonds is 2. The number of amides is 1. The fraction of sp³-hybridized carbons (Fsp3) is 0.455. The van der Waals surface area contributed by atoms with Gasteiger partial charge in [-0.1, -0.05) is 0 Å². The summed E-state index contributed by atoms with van der Waals surface area (Å²) in [6.45, 7) is 3.59. The second-order valence-corrected chi connectivity index (χ2v) is 5.50. The molecule has 1 N–H and O–H groups in total. The molecule has 0 saturated carbocycles. The Balaban J connectivity index is 1.79. The second-order valence-electron chi connectivity index (χ2n) is 4.27. The van der Waals surface area contributed by atoms with E-state index in [0.29, 0.717) is 5.78 Å². The van der Waals surface area contributed by atoms with Gasteiger partial charge in [0.1, 0.15) is 0 Å². The molecular formula is C11H14N6OS. The van der Waals surface area contributed by atoms with E-state index in [1.807, 2.05) is 29.8 Å². The van der Waals surface area contributed by atoms with Crippen LogP contribution in [-0.4, -0.2) is 55.1 Å². The highest BCUT2D eigenvalue weighted by Gasteiger charge is 2.18. The maximum absolute atomic E-state index is 12.1. The Kier molecular flexibility index (Phi) is 3.34. The SMILES string of the molecule is Cc1ccnc2nc(C(=O)NN3CCSCC3)nn12. The van der Waals surface area contributed by atoms with Gasteiger partial charge in [0, 0.05) is 36.5 Å².